The Balaban J connectivity index is 1.58. The van der Waals surface area contributed by atoms with Crippen molar-refractivity contribution in [3.8, 4) is 0 Å². The maximum atomic E-state index is 12.2. The first kappa shape index (κ1) is 20.7. The van der Waals surface area contributed by atoms with E-state index in [0.29, 0.717) is 4.67 Å². The minimum Gasteiger partial charge on any atom is -0.460 e. The van der Waals surface area contributed by atoms with Crippen molar-refractivity contribution in [1.29, 1.82) is 0 Å². The fraction of sp³-hybridized carbons (Fsp3) is 0.111. The van der Waals surface area contributed by atoms with Crippen molar-refractivity contribution in [2.45, 2.75) is 11.8 Å². The van der Waals surface area contributed by atoms with Crippen molar-refractivity contribution < 1.29 is 18.7 Å². The molecule has 0 saturated heterocycles. The van der Waals surface area contributed by atoms with Crippen molar-refractivity contribution in [1.82, 2.24) is 9.97 Å². The molecule has 4 N–H and O–H groups in total. The molecule has 0 atom stereocenters. The van der Waals surface area contributed by atoms with E-state index in [-0.39, 0.29) is 34.8 Å². The van der Waals surface area contributed by atoms with Crippen LogP contribution in [0.5, 0.6) is 0 Å². The van der Waals surface area contributed by atoms with Crippen LogP contribution >= 0.6 is 27.7 Å². The molecule has 0 radical (unpaired) electrons. The fourth-order valence-corrected chi connectivity index (χ4v) is 3.15. The Bertz CT molecular complexity index is 1080. The Morgan fingerprint density at radius 2 is 2.00 bits per heavy atom. The van der Waals surface area contributed by atoms with Crippen molar-refractivity contribution in [3.63, 3.8) is 0 Å². The summed E-state index contributed by atoms with van der Waals surface area (Å²) in [5.41, 5.74) is 5.78. The smallest absolute Gasteiger partial charge is 0.316 e. The Labute approximate surface area is 177 Å². The van der Waals surface area contributed by atoms with Crippen molar-refractivity contribution in [2.24, 2.45) is 0 Å². The molecule has 0 aliphatic rings. The zero-order chi connectivity index (χ0) is 20.8. The molecular weight excluding hydrogens is 464 g/mol. The number of anilines is 2. The molecule has 0 aliphatic heterocycles. The first-order chi connectivity index (χ1) is 13.9. The van der Waals surface area contributed by atoms with Crippen LogP contribution in [0, 0.1) is 0 Å². The van der Waals surface area contributed by atoms with Gasteiger partial charge in [-0.05, 0) is 33.6 Å². The van der Waals surface area contributed by atoms with Gasteiger partial charge >= 0.3 is 5.97 Å². The standard InChI is InChI=1S/C18H15BrN4O5S/c19-12-7-6-11(28-12)16(25)21-14-15(20)22-18(23-17(14)26)29-9-13(24)27-8-10-4-2-1-3-5-10/h1-7H,8-9H2,(H,21,25)(H3,20,22,23,26). The van der Waals surface area contributed by atoms with Crippen LogP contribution in [0.1, 0.15) is 16.1 Å². The number of benzene rings is 1. The number of carbonyl (C=O) groups excluding carboxylic acids is 2. The van der Waals surface area contributed by atoms with Gasteiger partial charge in [0.2, 0.25) is 0 Å². The Kier molecular flexibility index (Phi) is 6.73. The van der Waals surface area contributed by atoms with Crippen LogP contribution in [0.15, 0.2) is 61.5 Å². The summed E-state index contributed by atoms with van der Waals surface area (Å²) in [4.78, 5) is 42.6. The highest BCUT2D eigenvalue weighted by Gasteiger charge is 2.17. The quantitative estimate of drug-likeness (QED) is 0.267. The monoisotopic (exact) mass is 478 g/mol. The van der Waals surface area contributed by atoms with Gasteiger partial charge < -0.3 is 20.2 Å². The van der Waals surface area contributed by atoms with Gasteiger partial charge in [-0.25, -0.2) is 4.98 Å². The molecule has 0 fully saturated rings. The number of amides is 1. The number of nitrogens with zero attached hydrogens (tertiary/aromatic N) is 1. The molecule has 2 aromatic heterocycles. The summed E-state index contributed by atoms with van der Waals surface area (Å²) in [5.74, 6) is -1.38. The summed E-state index contributed by atoms with van der Waals surface area (Å²) in [5, 5.41) is 2.48. The molecule has 3 aromatic rings. The molecule has 0 saturated carbocycles. The molecule has 1 amide bonds. The number of H-pyrrole nitrogens is 1. The Morgan fingerprint density at radius 3 is 2.66 bits per heavy atom. The van der Waals surface area contributed by atoms with Crippen LogP contribution in [0.3, 0.4) is 0 Å². The highest BCUT2D eigenvalue weighted by Crippen LogP contribution is 2.19. The summed E-state index contributed by atoms with van der Waals surface area (Å²) in [7, 11) is 0. The van der Waals surface area contributed by atoms with Crippen LogP contribution in [0.2, 0.25) is 0 Å². The summed E-state index contributed by atoms with van der Waals surface area (Å²) in [6.45, 7) is 0.153. The predicted molar refractivity (Wildman–Crippen MR) is 111 cm³/mol. The first-order valence-corrected chi connectivity index (χ1v) is 9.99. The Morgan fingerprint density at radius 1 is 1.24 bits per heavy atom. The average molecular weight is 479 g/mol. The van der Waals surface area contributed by atoms with Crippen molar-refractivity contribution >= 4 is 51.1 Å². The van der Waals surface area contributed by atoms with E-state index >= 15 is 0 Å². The van der Waals surface area contributed by atoms with E-state index in [1.807, 2.05) is 30.3 Å². The fourth-order valence-electron chi connectivity index (χ4n) is 2.18. The number of nitrogens with two attached hydrogens (primary N) is 1. The van der Waals surface area contributed by atoms with Crippen LogP contribution < -0.4 is 16.6 Å². The third-order valence-electron chi connectivity index (χ3n) is 3.53. The van der Waals surface area contributed by atoms with E-state index in [1.165, 1.54) is 12.1 Å². The Hall–Kier alpha value is -3.05. The molecule has 11 heteroatoms. The van der Waals surface area contributed by atoms with Gasteiger partial charge in [0.1, 0.15) is 6.61 Å². The number of aromatic amines is 1. The van der Waals surface area contributed by atoms with Crippen LogP contribution in [0.25, 0.3) is 0 Å². The maximum Gasteiger partial charge on any atom is 0.316 e. The molecule has 9 nitrogen and oxygen atoms in total. The zero-order valence-electron chi connectivity index (χ0n) is 14.8. The van der Waals surface area contributed by atoms with E-state index in [1.54, 1.807) is 0 Å². The molecule has 2 heterocycles. The molecule has 1 aromatic carbocycles. The minimum atomic E-state index is -0.656. The van der Waals surface area contributed by atoms with Gasteiger partial charge in [-0.3, -0.25) is 19.4 Å². The second kappa shape index (κ2) is 9.43. The molecular formula is C18H15BrN4O5S. The highest BCUT2D eigenvalue weighted by molar-refractivity contribution is 9.10. The first-order valence-electron chi connectivity index (χ1n) is 8.21. The van der Waals surface area contributed by atoms with Gasteiger partial charge in [0.25, 0.3) is 11.5 Å². The third-order valence-corrected chi connectivity index (χ3v) is 4.80. The zero-order valence-corrected chi connectivity index (χ0v) is 17.2. The van der Waals surface area contributed by atoms with Gasteiger partial charge in [-0.1, -0.05) is 42.1 Å². The normalized spacial score (nSPS) is 10.5. The summed E-state index contributed by atoms with van der Waals surface area (Å²) >= 11 is 4.05. The maximum absolute atomic E-state index is 12.2. The van der Waals surface area contributed by atoms with E-state index in [0.717, 1.165) is 17.3 Å². The molecule has 150 valence electrons. The van der Waals surface area contributed by atoms with E-state index in [9.17, 15) is 14.4 Å². The van der Waals surface area contributed by atoms with Gasteiger partial charge in [0.05, 0.1) is 5.75 Å². The number of thioether (sulfide) groups is 1. The SMILES string of the molecule is Nc1nc(SCC(=O)OCc2ccccc2)[nH]c(=O)c1NC(=O)c1ccc(Br)o1. The number of furan rings is 1. The average Bonchev–Trinajstić information content (AvgIpc) is 3.14. The lowest BCUT2D eigenvalue weighted by Crippen LogP contribution is -2.23. The minimum absolute atomic E-state index is 0.00436. The topological polar surface area (TPSA) is 140 Å². The van der Waals surface area contributed by atoms with Crippen molar-refractivity contribution in [2.75, 3.05) is 16.8 Å². The summed E-state index contributed by atoms with van der Waals surface area (Å²) in [6, 6.07) is 12.2. The molecule has 29 heavy (non-hydrogen) atoms. The number of aromatic nitrogens is 2. The van der Waals surface area contributed by atoms with Gasteiger partial charge in [0, 0.05) is 0 Å². The summed E-state index contributed by atoms with van der Waals surface area (Å²) in [6.07, 6.45) is 0. The number of rotatable bonds is 7. The third kappa shape index (κ3) is 5.72. The van der Waals surface area contributed by atoms with Crippen LogP contribution in [-0.4, -0.2) is 27.6 Å². The van der Waals surface area contributed by atoms with E-state index in [2.05, 4.69) is 31.2 Å². The van der Waals surface area contributed by atoms with E-state index < -0.39 is 17.4 Å². The van der Waals surface area contributed by atoms with Gasteiger partial charge in [-0.15, -0.1) is 0 Å². The number of hydrogen-bond donors (Lipinski definition) is 3. The number of esters is 1. The van der Waals surface area contributed by atoms with Crippen molar-refractivity contribution in [3.05, 3.63) is 68.8 Å². The number of carbonyl (C=O) groups is 2. The largest absolute Gasteiger partial charge is 0.460 e. The summed E-state index contributed by atoms with van der Waals surface area (Å²) < 4.78 is 10.6. The lowest BCUT2D eigenvalue weighted by atomic mass is 10.2. The molecule has 0 spiro atoms. The number of ether oxygens (including phenoxy) is 1. The van der Waals surface area contributed by atoms with Crippen LogP contribution in [0.4, 0.5) is 11.5 Å². The molecule has 0 unspecified atom stereocenters. The highest BCUT2D eigenvalue weighted by atomic mass is 79.9. The second-order valence-electron chi connectivity index (χ2n) is 5.62. The molecule has 0 bridgehead atoms. The van der Waals surface area contributed by atoms with Gasteiger partial charge in [0.15, 0.2) is 27.1 Å². The lowest BCUT2D eigenvalue weighted by molar-refractivity contribution is -0.141. The molecule has 3 rings (SSSR count). The predicted octanol–water partition coefficient (Wildman–Crippen LogP) is 2.80. The second-order valence-corrected chi connectivity index (χ2v) is 7.37. The lowest BCUT2D eigenvalue weighted by Gasteiger charge is -2.08. The number of nitrogens with one attached hydrogen (secondary N) is 2. The molecule has 0 aliphatic carbocycles. The number of halogens is 1. The van der Waals surface area contributed by atoms with Crippen LogP contribution in [-0.2, 0) is 16.1 Å². The van der Waals surface area contributed by atoms with Gasteiger partial charge in [-0.2, -0.15) is 0 Å². The number of hydrogen-bond acceptors (Lipinski definition) is 8. The number of nitrogen functional groups attached to an aromatic ring is 1. The van der Waals surface area contributed by atoms with E-state index in [4.69, 9.17) is 14.9 Å².